The summed E-state index contributed by atoms with van der Waals surface area (Å²) in [5, 5.41) is 0. The van der Waals surface area contributed by atoms with Crippen molar-refractivity contribution < 1.29 is 9.29 Å². The normalized spacial score (nSPS) is 19.9. The van der Waals surface area contributed by atoms with Crippen molar-refractivity contribution in [2.24, 2.45) is 0 Å². The van der Waals surface area contributed by atoms with Crippen LogP contribution in [0.25, 0.3) is 0 Å². The molecule has 1 atom stereocenters. The highest BCUT2D eigenvalue weighted by molar-refractivity contribution is 9.10. The van der Waals surface area contributed by atoms with Gasteiger partial charge < -0.3 is 9.29 Å². The Morgan fingerprint density at radius 1 is 1.47 bits per heavy atom. The van der Waals surface area contributed by atoms with Crippen LogP contribution in [0.1, 0.15) is 31.9 Å². The standard InChI is InChI=1S/C13H19BrN2O2S/c1-9-5-10(6-15-11(9)14)13(7-18-8-13)16-19(17)12(2,3)4/h5-6,16H,7-8H2,1-4H3. The maximum atomic E-state index is 12.3. The van der Waals surface area contributed by atoms with E-state index in [-0.39, 0.29) is 10.3 Å². The number of hydrogen-bond acceptors (Lipinski definition) is 4. The molecule has 2 heterocycles. The number of aromatic nitrogens is 1. The minimum absolute atomic E-state index is 0.305. The van der Waals surface area contributed by atoms with Crippen LogP contribution in [0.15, 0.2) is 16.9 Å². The van der Waals surface area contributed by atoms with Crippen LogP contribution in [0, 0.1) is 6.92 Å². The van der Waals surface area contributed by atoms with Crippen LogP contribution in [-0.2, 0) is 21.6 Å². The fourth-order valence-corrected chi connectivity index (χ4v) is 2.85. The Bertz CT molecular complexity index is 472. The summed E-state index contributed by atoms with van der Waals surface area (Å²) in [5.41, 5.74) is 1.71. The monoisotopic (exact) mass is 346 g/mol. The number of rotatable bonds is 3. The van der Waals surface area contributed by atoms with E-state index >= 15 is 0 Å². The van der Waals surface area contributed by atoms with Gasteiger partial charge in [0.1, 0.15) is 14.9 Å². The molecule has 19 heavy (non-hydrogen) atoms. The number of nitrogens with zero attached hydrogens (tertiary/aromatic N) is 1. The largest absolute Gasteiger partial charge is 0.598 e. The van der Waals surface area contributed by atoms with Gasteiger partial charge in [-0.2, -0.15) is 0 Å². The van der Waals surface area contributed by atoms with Crippen molar-refractivity contribution in [3.63, 3.8) is 0 Å². The average molecular weight is 347 g/mol. The van der Waals surface area contributed by atoms with Gasteiger partial charge in [0.05, 0.1) is 13.2 Å². The molecule has 1 aliphatic rings. The lowest BCUT2D eigenvalue weighted by Gasteiger charge is -2.43. The molecule has 0 amide bonds. The maximum absolute atomic E-state index is 12.3. The predicted octanol–water partition coefficient (Wildman–Crippen LogP) is 2.43. The quantitative estimate of drug-likeness (QED) is 0.674. The van der Waals surface area contributed by atoms with Crippen molar-refractivity contribution >= 4 is 27.3 Å². The Kier molecular flexibility index (Phi) is 4.28. The van der Waals surface area contributed by atoms with E-state index in [4.69, 9.17) is 4.74 Å². The lowest BCUT2D eigenvalue weighted by molar-refractivity contribution is -0.0668. The highest BCUT2D eigenvalue weighted by atomic mass is 79.9. The Balaban J connectivity index is 2.25. The zero-order chi connectivity index (χ0) is 14.3. The van der Waals surface area contributed by atoms with Gasteiger partial charge in [-0.1, -0.05) is 0 Å². The fourth-order valence-electron chi connectivity index (χ4n) is 1.74. The lowest BCUT2D eigenvalue weighted by atomic mass is 9.90. The minimum atomic E-state index is -1.14. The molecule has 0 spiro atoms. The molecule has 1 aliphatic heterocycles. The Hall–Kier alpha value is -0.140. The van der Waals surface area contributed by atoms with Crippen molar-refractivity contribution in [1.29, 1.82) is 0 Å². The molecule has 1 saturated heterocycles. The van der Waals surface area contributed by atoms with Crippen molar-refractivity contribution in [1.82, 2.24) is 9.71 Å². The number of pyridine rings is 1. The molecule has 1 fully saturated rings. The van der Waals surface area contributed by atoms with E-state index in [1.165, 1.54) is 0 Å². The minimum Gasteiger partial charge on any atom is -0.598 e. The third kappa shape index (κ3) is 3.13. The third-order valence-electron chi connectivity index (χ3n) is 3.11. The molecule has 106 valence electrons. The van der Waals surface area contributed by atoms with Crippen LogP contribution in [0.5, 0.6) is 0 Å². The van der Waals surface area contributed by atoms with E-state index in [1.807, 2.05) is 33.9 Å². The van der Waals surface area contributed by atoms with E-state index in [2.05, 4.69) is 31.7 Å². The van der Waals surface area contributed by atoms with Crippen LogP contribution < -0.4 is 4.72 Å². The molecular formula is C13H19BrN2O2S. The Labute approximate surface area is 125 Å². The van der Waals surface area contributed by atoms with Crippen molar-refractivity contribution in [2.75, 3.05) is 13.2 Å². The van der Waals surface area contributed by atoms with Gasteiger partial charge in [0.15, 0.2) is 0 Å². The van der Waals surface area contributed by atoms with Gasteiger partial charge in [-0.15, -0.1) is 4.72 Å². The molecule has 1 aromatic rings. The molecule has 0 aromatic carbocycles. The number of nitrogens with one attached hydrogen (secondary N) is 1. The molecule has 6 heteroatoms. The van der Waals surface area contributed by atoms with Gasteiger partial charge >= 0.3 is 0 Å². The van der Waals surface area contributed by atoms with Crippen LogP contribution in [-0.4, -0.2) is 27.5 Å². The zero-order valence-electron chi connectivity index (χ0n) is 11.6. The van der Waals surface area contributed by atoms with Crippen LogP contribution in [0.4, 0.5) is 0 Å². The van der Waals surface area contributed by atoms with Gasteiger partial charge in [-0.05, 0) is 60.8 Å². The first-order valence-corrected chi connectivity index (χ1v) is 8.09. The van der Waals surface area contributed by atoms with Gasteiger partial charge in [0, 0.05) is 17.6 Å². The topological polar surface area (TPSA) is 57.2 Å². The average Bonchev–Trinajstić information content (AvgIpc) is 2.26. The SMILES string of the molecule is Cc1cc(C2(N[S+]([O-])C(C)(C)C)COC2)cnc1Br. The molecule has 0 saturated carbocycles. The molecule has 0 radical (unpaired) electrons. The molecule has 0 aliphatic carbocycles. The van der Waals surface area contributed by atoms with Gasteiger partial charge in [-0.3, -0.25) is 0 Å². The second kappa shape index (κ2) is 5.33. The summed E-state index contributed by atoms with van der Waals surface area (Å²) >= 11 is 2.26. The second-order valence-electron chi connectivity index (χ2n) is 5.89. The van der Waals surface area contributed by atoms with Crippen molar-refractivity contribution in [2.45, 2.75) is 38.0 Å². The summed E-state index contributed by atoms with van der Waals surface area (Å²) in [7, 11) is 0. The summed E-state index contributed by atoms with van der Waals surface area (Å²) in [6, 6.07) is 2.06. The fraction of sp³-hybridized carbons (Fsp3) is 0.615. The van der Waals surface area contributed by atoms with E-state index in [1.54, 1.807) is 0 Å². The lowest BCUT2D eigenvalue weighted by Crippen LogP contribution is -2.61. The third-order valence-corrected chi connectivity index (χ3v) is 5.63. The van der Waals surface area contributed by atoms with Crippen LogP contribution in [0.2, 0.25) is 0 Å². The van der Waals surface area contributed by atoms with E-state index in [9.17, 15) is 4.55 Å². The number of halogens is 1. The van der Waals surface area contributed by atoms with E-state index in [0.717, 1.165) is 15.7 Å². The highest BCUT2D eigenvalue weighted by Crippen LogP contribution is 2.33. The van der Waals surface area contributed by atoms with Crippen molar-refractivity contribution in [3.05, 3.63) is 28.0 Å². The molecule has 0 bridgehead atoms. The summed E-state index contributed by atoms with van der Waals surface area (Å²) in [6.07, 6.45) is 1.81. The summed E-state index contributed by atoms with van der Waals surface area (Å²) in [4.78, 5) is 4.32. The second-order valence-corrected chi connectivity index (χ2v) is 8.61. The summed E-state index contributed by atoms with van der Waals surface area (Å²) in [5.74, 6) is 0. The molecular weight excluding hydrogens is 328 g/mol. The summed E-state index contributed by atoms with van der Waals surface area (Å²) < 4.78 is 21.4. The van der Waals surface area contributed by atoms with Crippen LogP contribution in [0.3, 0.4) is 0 Å². The summed E-state index contributed by atoms with van der Waals surface area (Å²) in [6.45, 7) is 8.90. The molecule has 4 nitrogen and oxygen atoms in total. The van der Waals surface area contributed by atoms with Gasteiger partial charge in [0.25, 0.3) is 0 Å². The van der Waals surface area contributed by atoms with E-state index in [0.29, 0.717) is 13.2 Å². The molecule has 1 aromatic heterocycles. The van der Waals surface area contributed by atoms with Gasteiger partial charge in [0.2, 0.25) is 0 Å². The van der Waals surface area contributed by atoms with Crippen molar-refractivity contribution in [3.8, 4) is 0 Å². The first kappa shape index (κ1) is 15.3. The predicted molar refractivity (Wildman–Crippen MR) is 80.2 cm³/mol. The Morgan fingerprint density at radius 2 is 2.11 bits per heavy atom. The number of aryl methyl sites for hydroxylation is 1. The first-order chi connectivity index (χ1) is 8.74. The molecule has 1 unspecified atom stereocenters. The highest BCUT2D eigenvalue weighted by Gasteiger charge is 2.47. The maximum Gasteiger partial charge on any atom is 0.136 e. The van der Waals surface area contributed by atoms with Gasteiger partial charge in [-0.25, -0.2) is 4.98 Å². The Morgan fingerprint density at radius 3 is 2.53 bits per heavy atom. The van der Waals surface area contributed by atoms with E-state index < -0.39 is 11.4 Å². The molecule has 2 rings (SSSR count). The zero-order valence-corrected chi connectivity index (χ0v) is 14.0. The van der Waals surface area contributed by atoms with Crippen LogP contribution >= 0.6 is 15.9 Å². The molecule has 1 N–H and O–H groups in total. The first-order valence-electron chi connectivity index (χ1n) is 6.15. The smallest absolute Gasteiger partial charge is 0.136 e. The number of hydrogen-bond donors (Lipinski definition) is 1. The number of ether oxygens (including phenoxy) is 1.